The lowest BCUT2D eigenvalue weighted by molar-refractivity contribution is 0.246. The van der Waals surface area contributed by atoms with E-state index in [0.717, 1.165) is 57.0 Å². The molecule has 1 aromatic heterocycles. The quantitative estimate of drug-likeness (QED) is 0.266. The van der Waals surface area contributed by atoms with Gasteiger partial charge in [-0.15, -0.1) is 0 Å². The number of aromatic nitrogens is 2. The van der Waals surface area contributed by atoms with Crippen LogP contribution in [0.1, 0.15) is 70.7 Å². The molecule has 1 saturated heterocycles. The Bertz CT molecular complexity index is 1040. The first-order valence-corrected chi connectivity index (χ1v) is 14.1. The van der Waals surface area contributed by atoms with Gasteiger partial charge in [0.2, 0.25) is 0 Å². The van der Waals surface area contributed by atoms with E-state index in [2.05, 4.69) is 89.4 Å². The van der Waals surface area contributed by atoms with Gasteiger partial charge < -0.3 is 4.90 Å². The molecule has 1 aliphatic heterocycles. The van der Waals surface area contributed by atoms with Crippen LogP contribution in [-0.4, -0.2) is 40.9 Å². The van der Waals surface area contributed by atoms with Crippen molar-refractivity contribution in [1.82, 2.24) is 14.7 Å². The van der Waals surface area contributed by atoms with Crippen molar-refractivity contribution in [3.8, 4) is 0 Å². The number of rotatable bonds is 8. The van der Waals surface area contributed by atoms with Crippen LogP contribution < -0.4 is 10.5 Å². The molecule has 3 rings (SSSR count). The summed E-state index contributed by atoms with van der Waals surface area (Å²) in [5.74, 6) is 0. The number of benzene rings is 1. The average molecular weight is 560 g/mol. The van der Waals surface area contributed by atoms with E-state index in [1.165, 1.54) is 23.2 Å². The number of allylic oxidation sites excluding steroid dienone is 5. The van der Waals surface area contributed by atoms with Crippen LogP contribution in [0.2, 0.25) is 0 Å². The van der Waals surface area contributed by atoms with Crippen molar-refractivity contribution in [2.45, 2.75) is 74.3 Å². The molecule has 0 amide bonds. The molecule has 1 fully saturated rings. The third-order valence-corrected chi connectivity index (χ3v) is 6.57. The monoisotopic (exact) mass is 558 g/mol. The van der Waals surface area contributed by atoms with E-state index in [4.69, 9.17) is 0 Å². The Hall–Kier alpha value is -2.31. The number of anilines is 1. The predicted octanol–water partition coefficient (Wildman–Crippen LogP) is 7.70. The molecule has 0 aliphatic carbocycles. The van der Waals surface area contributed by atoms with Crippen LogP contribution in [-0.2, 0) is 6.54 Å². The van der Waals surface area contributed by atoms with Gasteiger partial charge >= 0.3 is 0 Å². The van der Waals surface area contributed by atoms with Gasteiger partial charge in [0.15, 0.2) is 0 Å². The fourth-order valence-electron chi connectivity index (χ4n) is 4.10. The standard InChI is InChI=1S/C25H33BrN4O.C3H8.C2H6/c1-5-7-8-10-21(9-6-2)30-25(31)24(26)22(27-30)18-28-13-15-29(16-14-28)23-12-11-19(3)17-20(23)4;1-3-2;1-2/h5-7,9,11-12,17,27H,2,8,10,13-16,18H2,1,3-4H3;3H2,1-2H3;1-2H3/b7-5-,21-9+;;. The number of piperazine rings is 1. The minimum atomic E-state index is -0.0440. The van der Waals surface area contributed by atoms with Crippen LogP contribution in [0.3, 0.4) is 0 Å². The number of hydrogen-bond acceptors (Lipinski definition) is 3. The van der Waals surface area contributed by atoms with Crippen LogP contribution in [0, 0.1) is 13.8 Å². The highest BCUT2D eigenvalue weighted by Gasteiger charge is 2.21. The topological polar surface area (TPSA) is 44.3 Å². The number of aryl methyl sites for hydroxylation is 2. The molecule has 0 atom stereocenters. The Morgan fingerprint density at radius 3 is 2.33 bits per heavy atom. The lowest BCUT2D eigenvalue weighted by atomic mass is 10.1. The third kappa shape index (κ3) is 9.29. The number of nitrogens with one attached hydrogen (secondary N) is 1. The first-order valence-electron chi connectivity index (χ1n) is 13.3. The summed E-state index contributed by atoms with van der Waals surface area (Å²) >= 11 is 3.53. The number of halogens is 1. The molecule has 1 aromatic carbocycles. The number of H-pyrrole nitrogens is 1. The van der Waals surface area contributed by atoms with Crippen LogP contribution in [0.15, 0.2) is 58.3 Å². The predicted molar refractivity (Wildman–Crippen MR) is 162 cm³/mol. The van der Waals surface area contributed by atoms with Crippen molar-refractivity contribution >= 4 is 27.3 Å². The SMILES string of the molecule is C=C/C=C(\CC/C=C\C)n1[nH]c(CN2CCN(c3ccc(C)cc3C)CC2)c(Br)c1=O.CC.CCC. The highest BCUT2D eigenvalue weighted by molar-refractivity contribution is 9.10. The first kappa shape index (κ1) is 31.7. The number of hydrogen-bond donors (Lipinski definition) is 1. The fourth-order valence-corrected chi connectivity index (χ4v) is 4.49. The van der Waals surface area contributed by atoms with Crippen LogP contribution >= 0.6 is 15.9 Å². The van der Waals surface area contributed by atoms with Gasteiger partial charge in [0, 0.05) is 44.1 Å². The maximum Gasteiger partial charge on any atom is 0.285 e. The first-order chi connectivity index (χ1) is 17.4. The van der Waals surface area contributed by atoms with Crippen molar-refractivity contribution in [2.75, 3.05) is 31.1 Å². The average Bonchev–Trinajstić information content (AvgIpc) is 3.14. The van der Waals surface area contributed by atoms with Gasteiger partial charge in [0.1, 0.15) is 4.47 Å². The van der Waals surface area contributed by atoms with E-state index in [1.807, 2.05) is 32.9 Å². The zero-order valence-corrected chi connectivity index (χ0v) is 25.1. The summed E-state index contributed by atoms with van der Waals surface area (Å²) < 4.78 is 2.27. The van der Waals surface area contributed by atoms with Gasteiger partial charge in [-0.05, 0) is 67.2 Å². The van der Waals surface area contributed by atoms with E-state index >= 15 is 0 Å². The van der Waals surface area contributed by atoms with E-state index in [9.17, 15) is 4.79 Å². The summed E-state index contributed by atoms with van der Waals surface area (Å²) in [5.41, 5.74) is 5.75. The molecule has 0 saturated carbocycles. The van der Waals surface area contributed by atoms with Crippen LogP contribution in [0.5, 0.6) is 0 Å². The summed E-state index contributed by atoms with van der Waals surface area (Å²) in [6.45, 7) is 23.0. The molecule has 0 radical (unpaired) electrons. The molecule has 0 bridgehead atoms. The van der Waals surface area contributed by atoms with Gasteiger partial charge in [-0.25, -0.2) is 4.68 Å². The smallest absolute Gasteiger partial charge is 0.285 e. The molecule has 200 valence electrons. The Morgan fingerprint density at radius 2 is 1.78 bits per heavy atom. The molecular weight excluding hydrogens is 512 g/mol. The molecule has 0 unspecified atom stereocenters. The van der Waals surface area contributed by atoms with Crippen molar-refractivity contribution in [3.63, 3.8) is 0 Å². The molecule has 36 heavy (non-hydrogen) atoms. The fraction of sp³-hybridized carbons (Fsp3) is 0.500. The van der Waals surface area contributed by atoms with Crippen LogP contribution in [0.4, 0.5) is 5.69 Å². The van der Waals surface area contributed by atoms with Crippen molar-refractivity contribution in [3.05, 3.63) is 80.7 Å². The van der Waals surface area contributed by atoms with Crippen LogP contribution in [0.25, 0.3) is 5.70 Å². The van der Waals surface area contributed by atoms with E-state index in [0.29, 0.717) is 4.47 Å². The highest BCUT2D eigenvalue weighted by Crippen LogP contribution is 2.23. The Kier molecular flexibility index (Phi) is 15.2. The summed E-state index contributed by atoms with van der Waals surface area (Å²) in [4.78, 5) is 17.7. The molecule has 0 spiro atoms. The lowest BCUT2D eigenvalue weighted by Crippen LogP contribution is -2.46. The molecule has 5 nitrogen and oxygen atoms in total. The lowest BCUT2D eigenvalue weighted by Gasteiger charge is -2.36. The molecule has 1 aliphatic rings. The van der Waals surface area contributed by atoms with E-state index < -0.39 is 0 Å². The summed E-state index contributed by atoms with van der Waals surface area (Å²) in [6.07, 6.45) is 10.7. The van der Waals surface area contributed by atoms with Crippen molar-refractivity contribution < 1.29 is 0 Å². The Balaban J connectivity index is 0.00000120. The van der Waals surface area contributed by atoms with E-state index in [1.54, 1.807) is 10.8 Å². The van der Waals surface area contributed by atoms with Gasteiger partial charge in [0.05, 0.1) is 5.69 Å². The molecule has 2 aromatic rings. The second-order valence-corrected chi connectivity index (χ2v) is 9.60. The summed E-state index contributed by atoms with van der Waals surface area (Å²) in [7, 11) is 0. The summed E-state index contributed by atoms with van der Waals surface area (Å²) in [5, 5.41) is 3.33. The second-order valence-electron chi connectivity index (χ2n) is 8.81. The summed E-state index contributed by atoms with van der Waals surface area (Å²) in [6, 6.07) is 6.66. The van der Waals surface area contributed by atoms with Gasteiger partial charge in [0.25, 0.3) is 5.56 Å². The highest BCUT2D eigenvalue weighted by atomic mass is 79.9. The Morgan fingerprint density at radius 1 is 1.14 bits per heavy atom. The second kappa shape index (κ2) is 17.2. The Labute approximate surface area is 227 Å². The molecular formula is C30H47BrN4O. The molecule has 2 heterocycles. The zero-order chi connectivity index (χ0) is 27.1. The third-order valence-electron chi connectivity index (χ3n) is 5.75. The largest absolute Gasteiger partial charge is 0.369 e. The molecule has 1 N–H and O–H groups in total. The normalized spacial score (nSPS) is 14.2. The zero-order valence-electron chi connectivity index (χ0n) is 23.5. The van der Waals surface area contributed by atoms with Gasteiger partial charge in [-0.3, -0.25) is 14.8 Å². The minimum absolute atomic E-state index is 0.0440. The van der Waals surface area contributed by atoms with Gasteiger partial charge in [-0.1, -0.05) is 76.6 Å². The van der Waals surface area contributed by atoms with E-state index in [-0.39, 0.29) is 5.56 Å². The maximum absolute atomic E-state index is 12.8. The molecule has 6 heteroatoms. The van der Waals surface area contributed by atoms with Gasteiger partial charge in [-0.2, -0.15) is 0 Å². The minimum Gasteiger partial charge on any atom is -0.369 e. The van der Waals surface area contributed by atoms with Crippen molar-refractivity contribution in [1.29, 1.82) is 0 Å². The number of nitrogens with zero attached hydrogens (tertiary/aromatic N) is 3. The van der Waals surface area contributed by atoms with Crippen molar-refractivity contribution in [2.24, 2.45) is 0 Å². The number of aromatic amines is 1. The maximum atomic E-state index is 12.8.